The summed E-state index contributed by atoms with van der Waals surface area (Å²) in [6.45, 7) is 0.686. The van der Waals surface area contributed by atoms with Crippen LogP contribution in [0.2, 0.25) is 0 Å². The quantitative estimate of drug-likeness (QED) is 0.668. The van der Waals surface area contributed by atoms with Gasteiger partial charge in [-0.15, -0.1) is 0 Å². The number of hydrogen-bond donors (Lipinski definition) is 2. The second-order valence-electron chi connectivity index (χ2n) is 7.40. The fourth-order valence-electron chi connectivity index (χ4n) is 3.65. The molecule has 0 aliphatic heterocycles. The van der Waals surface area contributed by atoms with Crippen LogP contribution in [0.3, 0.4) is 0 Å². The van der Waals surface area contributed by atoms with Crippen molar-refractivity contribution in [3.8, 4) is 0 Å². The van der Waals surface area contributed by atoms with Crippen molar-refractivity contribution in [1.82, 2.24) is 5.32 Å². The molecule has 1 aliphatic carbocycles. The number of amides is 1. The molecule has 0 heterocycles. The van der Waals surface area contributed by atoms with E-state index in [-0.39, 0.29) is 10.8 Å². The van der Waals surface area contributed by atoms with E-state index < -0.39 is 10.0 Å². The first-order valence-corrected chi connectivity index (χ1v) is 11.5. The molecule has 0 radical (unpaired) electrons. The van der Waals surface area contributed by atoms with Crippen LogP contribution in [0.5, 0.6) is 0 Å². The van der Waals surface area contributed by atoms with E-state index in [0.29, 0.717) is 17.8 Å². The third-order valence-corrected chi connectivity index (χ3v) is 6.66. The molecular formula is C22H28N2O3S. The Kier molecular flexibility index (Phi) is 7.09. The Morgan fingerprint density at radius 3 is 2.18 bits per heavy atom. The second-order valence-corrected chi connectivity index (χ2v) is 9.08. The molecule has 150 valence electrons. The summed E-state index contributed by atoms with van der Waals surface area (Å²) in [7, 11) is -3.63. The van der Waals surface area contributed by atoms with E-state index in [9.17, 15) is 13.2 Å². The zero-order valence-corrected chi connectivity index (χ0v) is 16.9. The first kappa shape index (κ1) is 20.4. The lowest BCUT2D eigenvalue weighted by Gasteiger charge is -2.14. The van der Waals surface area contributed by atoms with Crippen LogP contribution in [0.1, 0.15) is 55.3 Å². The molecule has 3 rings (SSSR count). The number of carbonyl (C=O) groups is 1. The number of anilines is 1. The van der Waals surface area contributed by atoms with Gasteiger partial charge in [-0.25, -0.2) is 8.42 Å². The van der Waals surface area contributed by atoms with Crippen LogP contribution in [0.4, 0.5) is 5.69 Å². The number of rotatable bonds is 7. The molecule has 1 aliphatic rings. The van der Waals surface area contributed by atoms with E-state index in [2.05, 4.69) is 10.0 Å². The molecule has 1 fully saturated rings. The normalized spacial score (nSPS) is 15.6. The van der Waals surface area contributed by atoms with E-state index >= 15 is 0 Å². The summed E-state index contributed by atoms with van der Waals surface area (Å²) in [5, 5.41) is 2.98. The van der Waals surface area contributed by atoms with Gasteiger partial charge in [0.1, 0.15) is 0 Å². The Morgan fingerprint density at radius 2 is 1.54 bits per heavy atom. The lowest BCUT2D eigenvalue weighted by molar-refractivity contribution is 0.0951. The predicted octanol–water partition coefficient (Wildman–Crippen LogP) is 4.58. The molecule has 0 atom stereocenters. The maximum atomic E-state index is 12.3. The van der Waals surface area contributed by atoms with Gasteiger partial charge in [-0.05, 0) is 48.7 Å². The SMILES string of the molecule is O=C(NCCC1CCCCCC1)c1ccc(NS(=O)(=O)c2ccccc2)cc1. The fourth-order valence-corrected chi connectivity index (χ4v) is 4.73. The molecule has 0 unspecified atom stereocenters. The average Bonchev–Trinajstić information content (AvgIpc) is 2.98. The molecule has 5 nitrogen and oxygen atoms in total. The largest absolute Gasteiger partial charge is 0.352 e. The Hall–Kier alpha value is -2.34. The standard InChI is InChI=1S/C22H28N2O3S/c25-22(23-17-16-18-8-4-1-2-5-9-18)19-12-14-20(15-13-19)24-28(26,27)21-10-6-3-7-11-21/h3,6-7,10-15,18,24H,1-2,4-5,8-9,16-17H2,(H,23,25). The third kappa shape index (κ3) is 5.83. The average molecular weight is 401 g/mol. The van der Waals surface area contributed by atoms with Crippen molar-refractivity contribution in [2.75, 3.05) is 11.3 Å². The van der Waals surface area contributed by atoms with Gasteiger partial charge < -0.3 is 5.32 Å². The van der Waals surface area contributed by atoms with Crippen LogP contribution >= 0.6 is 0 Å². The van der Waals surface area contributed by atoms with Gasteiger partial charge in [-0.1, -0.05) is 56.7 Å². The zero-order valence-electron chi connectivity index (χ0n) is 16.1. The molecule has 1 saturated carbocycles. The van der Waals surface area contributed by atoms with Gasteiger partial charge in [0.2, 0.25) is 0 Å². The lowest BCUT2D eigenvalue weighted by Crippen LogP contribution is -2.26. The van der Waals surface area contributed by atoms with Crippen molar-refractivity contribution in [3.05, 3.63) is 60.2 Å². The topological polar surface area (TPSA) is 75.3 Å². The van der Waals surface area contributed by atoms with Crippen LogP contribution in [0.25, 0.3) is 0 Å². The number of sulfonamides is 1. The zero-order chi connectivity index (χ0) is 19.8. The summed E-state index contributed by atoms with van der Waals surface area (Å²) in [6, 6.07) is 14.7. The summed E-state index contributed by atoms with van der Waals surface area (Å²) >= 11 is 0. The molecule has 2 aromatic carbocycles. The maximum Gasteiger partial charge on any atom is 0.261 e. The van der Waals surface area contributed by atoms with E-state index in [4.69, 9.17) is 0 Å². The Labute approximate surface area is 167 Å². The van der Waals surface area contributed by atoms with Crippen molar-refractivity contribution < 1.29 is 13.2 Å². The van der Waals surface area contributed by atoms with Crippen molar-refractivity contribution in [3.63, 3.8) is 0 Å². The highest BCUT2D eigenvalue weighted by atomic mass is 32.2. The highest BCUT2D eigenvalue weighted by Crippen LogP contribution is 2.25. The third-order valence-electron chi connectivity index (χ3n) is 5.27. The molecule has 2 aromatic rings. The minimum absolute atomic E-state index is 0.119. The van der Waals surface area contributed by atoms with E-state index in [1.54, 1.807) is 54.6 Å². The number of hydrogen-bond acceptors (Lipinski definition) is 3. The smallest absolute Gasteiger partial charge is 0.261 e. The molecule has 0 spiro atoms. The Balaban J connectivity index is 1.51. The lowest BCUT2D eigenvalue weighted by atomic mass is 9.97. The Bertz CT molecular complexity index is 856. The van der Waals surface area contributed by atoms with Gasteiger partial charge in [0, 0.05) is 17.8 Å². The highest BCUT2D eigenvalue weighted by Gasteiger charge is 2.15. The summed E-state index contributed by atoms with van der Waals surface area (Å²) in [6.07, 6.45) is 8.85. The van der Waals surface area contributed by atoms with Gasteiger partial charge in [-0.3, -0.25) is 9.52 Å². The van der Waals surface area contributed by atoms with Crippen LogP contribution in [-0.2, 0) is 10.0 Å². The summed E-state index contributed by atoms with van der Waals surface area (Å²) < 4.78 is 27.2. The van der Waals surface area contributed by atoms with Crippen molar-refractivity contribution >= 4 is 21.6 Å². The number of carbonyl (C=O) groups excluding carboxylic acids is 1. The molecule has 0 bridgehead atoms. The van der Waals surface area contributed by atoms with E-state index in [1.165, 1.54) is 38.5 Å². The molecule has 0 saturated heterocycles. The fraction of sp³-hybridized carbons (Fsp3) is 0.409. The van der Waals surface area contributed by atoms with Crippen LogP contribution in [-0.4, -0.2) is 20.9 Å². The predicted molar refractivity (Wildman–Crippen MR) is 112 cm³/mol. The van der Waals surface area contributed by atoms with E-state index in [0.717, 1.165) is 12.3 Å². The molecular weight excluding hydrogens is 372 g/mol. The van der Waals surface area contributed by atoms with Crippen LogP contribution < -0.4 is 10.0 Å². The molecule has 1 amide bonds. The second kappa shape index (κ2) is 9.73. The van der Waals surface area contributed by atoms with Gasteiger partial charge in [0.25, 0.3) is 15.9 Å². The summed E-state index contributed by atoms with van der Waals surface area (Å²) in [5.74, 6) is 0.601. The molecule has 0 aromatic heterocycles. The maximum absolute atomic E-state index is 12.3. The van der Waals surface area contributed by atoms with Crippen molar-refractivity contribution in [2.24, 2.45) is 5.92 Å². The number of nitrogens with one attached hydrogen (secondary N) is 2. The highest BCUT2D eigenvalue weighted by molar-refractivity contribution is 7.92. The van der Waals surface area contributed by atoms with Gasteiger partial charge in [0.05, 0.1) is 4.90 Å². The van der Waals surface area contributed by atoms with Crippen LogP contribution in [0, 0.1) is 5.92 Å². The first-order chi connectivity index (χ1) is 13.5. The van der Waals surface area contributed by atoms with Gasteiger partial charge in [-0.2, -0.15) is 0 Å². The monoisotopic (exact) mass is 400 g/mol. The van der Waals surface area contributed by atoms with Crippen LogP contribution in [0.15, 0.2) is 59.5 Å². The first-order valence-electron chi connectivity index (χ1n) is 10.0. The minimum atomic E-state index is -3.63. The van der Waals surface area contributed by atoms with Crippen molar-refractivity contribution in [1.29, 1.82) is 0 Å². The Morgan fingerprint density at radius 1 is 0.893 bits per heavy atom. The van der Waals surface area contributed by atoms with E-state index in [1.807, 2.05) is 0 Å². The molecule has 2 N–H and O–H groups in total. The van der Waals surface area contributed by atoms with Gasteiger partial charge in [0.15, 0.2) is 0 Å². The molecule has 6 heteroatoms. The van der Waals surface area contributed by atoms with Crippen molar-refractivity contribution in [2.45, 2.75) is 49.8 Å². The summed E-state index contributed by atoms with van der Waals surface area (Å²) in [5.41, 5.74) is 0.961. The minimum Gasteiger partial charge on any atom is -0.352 e. The summed E-state index contributed by atoms with van der Waals surface area (Å²) in [4.78, 5) is 12.5. The van der Waals surface area contributed by atoms with Gasteiger partial charge >= 0.3 is 0 Å². The number of benzene rings is 2. The molecule has 28 heavy (non-hydrogen) atoms.